The number of primary amides is 1. The van der Waals surface area contributed by atoms with Gasteiger partial charge in [-0.15, -0.1) is 0 Å². The highest BCUT2D eigenvalue weighted by atomic mass is 16.2. The van der Waals surface area contributed by atoms with Crippen LogP contribution in [0, 0.1) is 6.92 Å². The number of nitrogens with two attached hydrogens (primary N) is 1. The monoisotopic (exact) mass is 376 g/mol. The molecule has 0 spiro atoms. The maximum atomic E-state index is 12.6. The van der Waals surface area contributed by atoms with Crippen molar-refractivity contribution in [2.24, 2.45) is 5.73 Å². The average Bonchev–Trinajstić information content (AvgIpc) is 2.69. The molecule has 0 saturated carbocycles. The molecule has 2 amide bonds. The summed E-state index contributed by atoms with van der Waals surface area (Å²) < 4.78 is 1.16. The molecule has 7 heteroatoms. The molecule has 3 rings (SSSR count). The lowest BCUT2D eigenvalue weighted by Gasteiger charge is -2.15. The molecule has 0 radical (unpaired) electrons. The Kier molecular flexibility index (Phi) is 5.35. The third kappa shape index (κ3) is 4.15. The van der Waals surface area contributed by atoms with Gasteiger partial charge in [-0.1, -0.05) is 29.8 Å². The van der Waals surface area contributed by atoms with Gasteiger partial charge in [-0.2, -0.15) is 5.10 Å². The zero-order valence-corrected chi connectivity index (χ0v) is 15.5. The fourth-order valence-corrected chi connectivity index (χ4v) is 2.66. The Morgan fingerprint density at radius 1 is 1.00 bits per heavy atom. The molecule has 7 nitrogen and oxygen atoms in total. The molecule has 3 aromatic rings. The fraction of sp³-hybridized carbons (Fsp3) is 0.143. The summed E-state index contributed by atoms with van der Waals surface area (Å²) >= 11 is 0. The molecule has 1 atom stereocenters. The SMILES string of the molecule is Cc1ccc(-c2ccc(=O)n(C(C)C(=O)Nc3ccc(C(N)=O)cc3)n2)cc1. The minimum atomic E-state index is -0.825. The molecule has 0 saturated heterocycles. The third-order valence-electron chi connectivity index (χ3n) is 4.36. The molecule has 0 bridgehead atoms. The van der Waals surface area contributed by atoms with E-state index in [4.69, 9.17) is 5.73 Å². The Morgan fingerprint density at radius 3 is 2.25 bits per heavy atom. The fourth-order valence-electron chi connectivity index (χ4n) is 2.66. The normalized spacial score (nSPS) is 11.6. The standard InChI is InChI=1S/C21H20N4O3/c1-13-3-5-15(6-4-13)18-11-12-19(26)25(24-18)14(2)21(28)23-17-9-7-16(8-10-17)20(22)27/h3-12,14H,1-2H3,(H2,22,27)(H,23,28). The van der Waals surface area contributed by atoms with E-state index in [0.717, 1.165) is 15.8 Å². The minimum Gasteiger partial charge on any atom is -0.366 e. The Bertz CT molecular complexity index is 1070. The Labute approximate surface area is 161 Å². The quantitative estimate of drug-likeness (QED) is 0.713. The molecule has 3 N–H and O–H groups in total. The Morgan fingerprint density at radius 2 is 1.64 bits per heavy atom. The van der Waals surface area contributed by atoms with Crippen molar-refractivity contribution in [3.8, 4) is 11.3 Å². The topological polar surface area (TPSA) is 107 Å². The highest BCUT2D eigenvalue weighted by Gasteiger charge is 2.18. The molecule has 1 heterocycles. The van der Waals surface area contributed by atoms with Gasteiger partial charge in [0.05, 0.1) is 5.69 Å². The molecule has 1 unspecified atom stereocenters. The predicted molar refractivity (Wildman–Crippen MR) is 107 cm³/mol. The van der Waals surface area contributed by atoms with Gasteiger partial charge in [0.25, 0.3) is 5.56 Å². The van der Waals surface area contributed by atoms with E-state index in [-0.39, 0.29) is 5.56 Å². The van der Waals surface area contributed by atoms with Crippen molar-refractivity contribution in [1.29, 1.82) is 0 Å². The van der Waals surface area contributed by atoms with Gasteiger partial charge in [0.2, 0.25) is 11.8 Å². The summed E-state index contributed by atoms with van der Waals surface area (Å²) in [5, 5.41) is 7.06. The van der Waals surface area contributed by atoms with Crippen LogP contribution in [0.5, 0.6) is 0 Å². The number of anilines is 1. The van der Waals surface area contributed by atoms with Crippen molar-refractivity contribution in [2.45, 2.75) is 19.9 Å². The summed E-state index contributed by atoms with van der Waals surface area (Å²) in [6.45, 7) is 3.58. The highest BCUT2D eigenvalue weighted by Crippen LogP contribution is 2.17. The lowest BCUT2D eigenvalue weighted by molar-refractivity contribution is -0.119. The smallest absolute Gasteiger partial charge is 0.267 e. The number of nitrogens with one attached hydrogen (secondary N) is 1. The van der Waals surface area contributed by atoms with Gasteiger partial charge in [-0.05, 0) is 44.2 Å². The van der Waals surface area contributed by atoms with Crippen LogP contribution in [0.2, 0.25) is 0 Å². The zero-order chi connectivity index (χ0) is 20.3. The van der Waals surface area contributed by atoms with Crippen LogP contribution >= 0.6 is 0 Å². The van der Waals surface area contributed by atoms with Crippen molar-refractivity contribution in [3.05, 3.63) is 82.1 Å². The second-order valence-electron chi connectivity index (χ2n) is 6.47. The summed E-state index contributed by atoms with van der Waals surface area (Å²) in [4.78, 5) is 35.9. The number of aryl methyl sites for hydroxylation is 1. The molecule has 0 aliphatic heterocycles. The maximum Gasteiger partial charge on any atom is 0.267 e. The lowest BCUT2D eigenvalue weighted by atomic mass is 10.1. The van der Waals surface area contributed by atoms with E-state index in [9.17, 15) is 14.4 Å². The molecule has 28 heavy (non-hydrogen) atoms. The first-order valence-electron chi connectivity index (χ1n) is 8.73. The third-order valence-corrected chi connectivity index (χ3v) is 4.36. The molecule has 0 aliphatic rings. The van der Waals surface area contributed by atoms with Crippen LogP contribution in [0.25, 0.3) is 11.3 Å². The van der Waals surface area contributed by atoms with Gasteiger partial charge in [0.15, 0.2) is 0 Å². The largest absolute Gasteiger partial charge is 0.366 e. The van der Waals surface area contributed by atoms with Crippen molar-refractivity contribution < 1.29 is 9.59 Å². The van der Waals surface area contributed by atoms with Gasteiger partial charge in [-0.25, -0.2) is 4.68 Å². The van der Waals surface area contributed by atoms with E-state index in [1.54, 1.807) is 25.1 Å². The Balaban J connectivity index is 1.82. The van der Waals surface area contributed by atoms with Crippen LogP contribution in [0.4, 0.5) is 5.69 Å². The van der Waals surface area contributed by atoms with E-state index in [1.165, 1.54) is 18.2 Å². The number of carbonyl (C=O) groups excluding carboxylic acids is 2. The van der Waals surface area contributed by atoms with Gasteiger partial charge in [0, 0.05) is 22.9 Å². The van der Waals surface area contributed by atoms with Crippen LogP contribution < -0.4 is 16.6 Å². The molecule has 1 aromatic heterocycles. The Hall–Kier alpha value is -3.74. The lowest BCUT2D eigenvalue weighted by Crippen LogP contribution is -2.33. The molecule has 0 fully saturated rings. The maximum absolute atomic E-state index is 12.6. The van der Waals surface area contributed by atoms with E-state index < -0.39 is 17.9 Å². The second-order valence-corrected chi connectivity index (χ2v) is 6.47. The van der Waals surface area contributed by atoms with E-state index in [0.29, 0.717) is 16.9 Å². The number of nitrogens with zero attached hydrogens (tertiary/aromatic N) is 2. The van der Waals surface area contributed by atoms with E-state index in [2.05, 4.69) is 10.4 Å². The highest BCUT2D eigenvalue weighted by molar-refractivity contribution is 5.95. The number of aromatic nitrogens is 2. The first kappa shape index (κ1) is 19.0. The molecule has 2 aromatic carbocycles. The molecular formula is C21H20N4O3. The van der Waals surface area contributed by atoms with Crippen molar-refractivity contribution in [3.63, 3.8) is 0 Å². The van der Waals surface area contributed by atoms with Crippen LogP contribution in [0.3, 0.4) is 0 Å². The number of hydrogen-bond acceptors (Lipinski definition) is 4. The summed E-state index contributed by atoms with van der Waals surface area (Å²) in [5.74, 6) is -0.947. The minimum absolute atomic E-state index is 0.342. The second kappa shape index (κ2) is 7.87. The number of rotatable bonds is 5. The van der Waals surface area contributed by atoms with Crippen LogP contribution in [-0.4, -0.2) is 21.6 Å². The van der Waals surface area contributed by atoms with Crippen molar-refractivity contribution in [2.75, 3.05) is 5.32 Å². The summed E-state index contributed by atoms with van der Waals surface area (Å²) in [7, 11) is 0. The van der Waals surface area contributed by atoms with Gasteiger partial charge >= 0.3 is 0 Å². The molecule has 0 aliphatic carbocycles. The first-order chi connectivity index (χ1) is 13.3. The van der Waals surface area contributed by atoms with Crippen molar-refractivity contribution in [1.82, 2.24) is 9.78 Å². The zero-order valence-electron chi connectivity index (χ0n) is 15.5. The first-order valence-corrected chi connectivity index (χ1v) is 8.73. The van der Waals surface area contributed by atoms with Gasteiger partial charge in [-0.3, -0.25) is 14.4 Å². The predicted octanol–water partition coefficient (Wildman–Crippen LogP) is 2.52. The van der Waals surface area contributed by atoms with Gasteiger partial charge < -0.3 is 11.1 Å². The van der Waals surface area contributed by atoms with Crippen LogP contribution in [-0.2, 0) is 4.79 Å². The molecule has 142 valence electrons. The number of hydrogen-bond donors (Lipinski definition) is 2. The van der Waals surface area contributed by atoms with E-state index in [1.807, 2.05) is 31.2 Å². The summed E-state index contributed by atoms with van der Waals surface area (Å²) in [6, 6.07) is 16.1. The van der Waals surface area contributed by atoms with E-state index >= 15 is 0 Å². The average molecular weight is 376 g/mol. The van der Waals surface area contributed by atoms with Crippen LogP contribution in [0.1, 0.15) is 28.9 Å². The number of amides is 2. The number of carbonyl (C=O) groups is 2. The molecular weight excluding hydrogens is 356 g/mol. The summed E-state index contributed by atoms with van der Waals surface area (Å²) in [5.41, 5.74) is 8.24. The van der Waals surface area contributed by atoms with Crippen LogP contribution in [0.15, 0.2) is 65.5 Å². The van der Waals surface area contributed by atoms with Gasteiger partial charge in [0.1, 0.15) is 6.04 Å². The summed E-state index contributed by atoms with van der Waals surface area (Å²) in [6.07, 6.45) is 0. The number of benzene rings is 2. The van der Waals surface area contributed by atoms with Crippen molar-refractivity contribution >= 4 is 17.5 Å².